The normalized spacial score (nSPS) is 18.2. The summed E-state index contributed by atoms with van der Waals surface area (Å²) in [4.78, 5) is 12.5. The molecule has 0 spiro atoms. The average molecular weight is 325 g/mol. The molecule has 0 saturated carbocycles. The fraction of sp³-hybridized carbons (Fsp3) is 0.350. The molecule has 126 valence electrons. The van der Waals surface area contributed by atoms with Crippen molar-refractivity contribution < 1.29 is 14.3 Å². The molecule has 0 radical (unpaired) electrons. The Morgan fingerprint density at radius 3 is 2.62 bits per heavy atom. The molecule has 1 heterocycles. The van der Waals surface area contributed by atoms with Crippen LogP contribution < -0.4 is 14.8 Å². The monoisotopic (exact) mass is 325 g/mol. The van der Waals surface area contributed by atoms with E-state index in [0.717, 1.165) is 29.0 Å². The summed E-state index contributed by atoms with van der Waals surface area (Å²) in [6.07, 6.45) is 1.10. The number of amides is 1. The predicted octanol–water partition coefficient (Wildman–Crippen LogP) is 3.66. The molecule has 1 amide bonds. The smallest absolute Gasteiger partial charge is 0.224 e. The fourth-order valence-electron chi connectivity index (χ4n) is 3.11. The Kier molecular flexibility index (Phi) is 4.47. The van der Waals surface area contributed by atoms with E-state index in [1.807, 2.05) is 62.4 Å². The highest BCUT2D eigenvalue weighted by Crippen LogP contribution is 2.39. The Hall–Kier alpha value is -2.49. The molecular weight excluding hydrogens is 302 g/mol. The third-order valence-electron chi connectivity index (χ3n) is 4.24. The molecule has 0 aliphatic carbocycles. The molecule has 0 fully saturated rings. The molecule has 2 aromatic carbocycles. The van der Waals surface area contributed by atoms with E-state index in [1.165, 1.54) is 0 Å². The summed E-state index contributed by atoms with van der Waals surface area (Å²) in [5.74, 6) is 1.65. The summed E-state index contributed by atoms with van der Waals surface area (Å²) in [7, 11) is 1.63. The van der Waals surface area contributed by atoms with Crippen LogP contribution in [0.15, 0.2) is 48.5 Å². The zero-order valence-corrected chi connectivity index (χ0v) is 14.3. The van der Waals surface area contributed by atoms with E-state index in [0.29, 0.717) is 6.42 Å². The first-order valence-electron chi connectivity index (χ1n) is 8.17. The molecule has 2 aromatic rings. The minimum Gasteiger partial charge on any atom is -0.497 e. The maximum Gasteiger partial charge on any atom is 0.224 e. The predicted molar refractivity (Wildman–Crippen MR) is 93.3 cm³/mol. The lowest BCUT2D eigenvalue weighted by molar-refractivity contribution is -0.121. The van der Waals surface area contributed by atoms with Gasteiger partial charge in [-0.25, -0.2) is 0 Å². The van der Waals surface area contributed by atoms with Gasteiger partial charge in [-0.2, -0.15) is 0 Å². The molecule has 4 nitrogen and oxygen atoms in total. The van der Waals surface area contributed by atoms with Crippen LogP contribution in [0, 0.1) is 0 Å². The number of fused-ring (bicyclic) bond motifs is 1. The van der Waals surface area contributed by atoms with Crippen LogP contribution in [0.1, 0.15) is 37.4 Å². The fourth-order valence-corrected chi connectivity index (χ4v) is 3.11. The molecule has 1 atom stereocenters. The van der Waals surface area contributed by atoms with Gasteiger partial charge < -0.3 is 14.8 Å². The molecule has 0 unspecified atom stereocenters. The van der Waals surface area contributed by atoms with E-state index in [9.17, 15) is 4.79 Å². The van der Waals surface area contributed by atoms with Gasteiger partial charge in [0.1, 0.15) is 17.1 Å². The van der Waals surface area contributed by atoms with Crippen molar-refractivity contribution in [3.63, 3.8) is 0 Å². The van der Waals surface area contributed by atoms with Gasteiger partial charge in [-0.15, -0.1) is 0 Å². The number of para-hydroxylation sites is 1. The molecular formula is C20H23NO3. The topological polar surface area (TPSA) is 47.6 Å². The molecule has 0 bridgehead atoms. The number of hydrogen-bond donors (Lipinski definition) is 1. The standard InChI is InChI=1S/C20H23NO3/c1-20(2)13-17(16-6-4-5-7-18(16)24-20)21-19(22)12-14-8-10-15(23-3)11-9-14/h4-11,17H,12-13H2,1-3H3,(H,21,22)/t17-/m0/s1. The van der Waals surface area contributed by atoms with Crippen LogP contribution in [-0.2, 0) is 11.2 Å². The third-order valence-corrected chi connectivity index (χ3v) is 4.24. The van der Waals surface area contributed by atoms with Crippen LogP contribution in [0.3, 0.4) is 0 Å². The van der Waals surface area contributed by atoms with Gasteiger partial charge in [0.05, 0.1) is 19.6 Å². The lowest BCUT2D eigenvalue weighted by Crippen LogP contribution is -2.41. The van der Waals surface area contributed by atoms with Gasteiger partial charge in [-0.05, 0) is 37.6 Å². The molecule has 3 rings (SSSR count). The van der Waals surface area contributed by atoms with Crippen LogP contribution in [-0.4, -0.2) is 18.6 Å². The van der Waals surface area contributed by atoms with Crippen molar-refractivity contribution in [2.45, 2.75) is 38.3 Å². The minimum atomic E-state index is -0.299. The van der Waals surface area contributed by atoms with E-state index in [4.69, 9.17) is 9.47 Å². The van der Waals surface area contributed by atoms with E-state index >= 15 is 0 Å². The molecule has 4 heteroatoms. The van der Waals surface area contributed by atoms with Gasteiger partial charge in [0.2, 0.25) is 5.91 Å². The summed E-state index contributed by atoms with van der Waals surface area (Å²) in [5, 5.41) is 3.16. The van der Waals surface area contributed by atoms with Crippen LogP contribution in [0.4, 0.5) is 0 Å². The summed E-state index contributed by atoms with van der Waals surface area (Å²) >= 11 is 0. The van der Waals surface area contributed by atoms with Crippen molar-refractivity contribution in [1.82, 2.24) is 5.32 Å². The Labute approximate surface area is 142 Å². The average Bonchev–Trinajstić information content (AvgIpc) is 2.54. The Morgan fingerprint density at radius 2 is 1.92 bits per heavy atom. The maximum absolute atomic E-state index is 12.5. The molecule has 0 aromatic heterocycles. The second-order valence-corrected chi connectivity index (χ2v) is 6.75. The first-order chi connectivity index (χ1) is 11.5. The highest BCUT2D eigenvalue weighted by atomic mass is 16.5. The van der Waals surface area contributed by atoms with Crippen molar-refractivity contribution in [1.29, 1.82) is 0 Å². The maximum atomic E-state index is 12.5. The van der Waals surface area contributed by atoms with Gasteiger partial charge in [0.15, 0.2) is 0 Å². The van der Waals surface area contributed by atoms with E-state index in [-0.39, 0.29) is 17.6 Å². The summed E-state index contributed by atoms with van der Waals surface area (Å²) in [6.45, 7) is 4.09. The molecule has 24 heavy (non-hydrogen) atoms. The minimum absolute atomic E-state index is 0.0117. The van der Waals surface area contributed by atoms with Crippen molar-refractivity contribution in [3.05, 3.63) is 59.7 Å². The molecule has 1 aliphatic heterocycles. The van der Waals surface area contributed by atoms with E-state index < -0.39 is 0 Å². The SMILES string of the molecule is COc1ccc(CC(=O)N[C@H]2CC(C)(C)Oc3ccccc32)cc1. The van der Waals surface area contributed by atoms with E-state index in [1.54, 1.807) is 7.11 Å². The van der Waals surface area contributed by atoms with Crippen LogP contribution in [0.25, 0.3) is 0 Å². The number of rotatable bonds is 4. The van der Waals surface area contributed by atoms with Crippen LogP contribution in [0.5, 0.6) is 11.5 Å². The Morgan fingerprint density at radius 1 is 1.21 bits per heavy atom. The summed E-state index contributed by atoms with van der Waals surface area (Å²) in [6, 6.07) is 15.4. The van der Waals surface area contributed by atoms with E-state index in [2.05, 4.69) is 5.32 Å². The quantitative estimate of drug-likeness (QED) is 0.933. The number of carbonyl (C=O) groups is 1. The second kappa shape index (κ2) is 6.56. The first-order valence-corrected chi connectivity index (χ1v) is 8.17. The van der Waals surface area contributed by atoms with Gasteiger partial charge >= 0.3 is 0 Å². The van der Waals surface area contributed by atoms with Gasteiger partial charge in [0.25, 0.3) is 0 Å². The van der Waals surface area contributed by atoms with Crippen molar-refractivity contribution in [2.75, 3.05) is 7.11 Å². The molecule has 1 N–H and O–H groups in total. The largest absolute Gasteiger partial charge is 0.497 e. The Bertz CT molecular complexity index is 722. The van der Waals surface area contributed by atoms with Crippen LogP contribution in [0.2, 0.25) is 0 Å². The molecule has 1 aliphatic rings. The highest BCUT2D eigenvalue weighted by molar-refractivity contribution is 5.79. The van der Waals surface area contributed by atoms with Gasteiger partial charge in [0, 0.05) is 12.0 Å². The zero-order valence-electron chi connectivity index (χ0n) is 14.3. The number of ether oxygens (including phenoxy) is 2. The summed E-state index contributed by atoms with van der Waals surface area (Å²) < 4.78 is 11.2. The molecule has 0 saturated heterocycles. The number of hydrogen-bond acceptors (Lipinski definition) is 3. The van der Waals surface area contributed by atoms with Gasteiger partial charge in [-0.1, -0.05) is 30.3 Å². The summed E-state index contributed by atoms with van der Waals surface area (Å²) in [5.41, 5.74) is 1.71. The number of benzene rings is 2. The highest BCUT2D eigenvalue weighted by Gasteiger charge is 2.34. The van der Waals surface area contributed by atoms with Crippen molar-refractivity contribution in [3.8, 4) is 11.5 Å². The second-order valence-electron chi connectivity index (χ2n) is 6.75. The number of carbonyl (C=O) groups excluding carboxylic acids is 1. The first kappa shape index (κ1) is 16.4. The lowest BCUT2D eigenvalue weighted by Gasteiger charge is -2.37. The number of nitrogens with one attached hydrogen (secondary N) is 1. The zero-order chi connectivity index (χ0) is 17.2. The Balaban J connectivity index is 1.71. The van der Waals surface area contributed by atoms with Crippen LogP contribution >= 0.6 is 0 Å². The van der Waals surface area contributed by atoms with Crippen molar-refractivity contribution in [2.24, 2.45) is 0 Å². The third kappa shape index (κ3) is 3.70. The lowest BCUT2D eigenvalue weighted by atomic mass is 9.89. The van der Waals surface area contributed by atoms with Crippen molar-refractivity contribution >= 4 is 5.91 Å². The van der Waals surface area contributed by atoms with Gasteiger partial charge in [-0.3, -0.25) is 4.79 Å². The number of methoxy groups -OCH3 is 1.